The Hall–Kier alpha value is -2.54. The molecule has 0 saturated heterocycles. The predicted octanol–water partition coefficient (Wildman–Crippen LogP) is 4.60. The van der Waals surface area contributed by atoms with Crippen LogP contribution < -0.4 is 10.6 Å². The second-order valence-electron chi connectivity index (χ2n) is 4.74. The molecule has 8 heteroatoms. The molecule has 4 nitrogen and oxygen atoms in total. The smallest absolute Gasteiger partial charge is 0.380 e. The van der Waals surface area contributed by atoms with Crippen molar-refractivity contribution in [3.8, 4) is 0 Å². The molecule has 0 aliphatic rings. The van der Waals surface area contributed by atoms with Crippen LogP contribution in [0.25, 0.3) is 0 Å². The van der Waals surface area contributed by atoms with Gasteiger partial charge in [0.15, 0.2) is 0 Å². The molecular weight excluding hydrogens is 343 g/mol. The lowest BCUT2D eigenvalue weighted by Gasteiger charge is -2.14. The molecule has 1 aromatic heterocycles. The van der Waals surface area contributed by atoms with Gasteiger partial charge in [-0.1, -0.05) is 17.7 Å². The Morgan fingerprint density at radius 1 is 1.29 bits per heavy atom. The maximum atomic E-state index is 13.0. The standard InChI is InChI=1S/C16H13ClF3N3O/c1-2-7-21-11-4-6-14(22-9-11)15(24)23-13-5-3-10(17)8-12(13)16(18,19)20/h2-6,8-9,21H,1,7H2,(H,23,24). The topological polar surface area (TPSA) is 54.0 Å². The lowest BCUT2D eigenvalue weighted by Crippen LogP contribution is -2.17. The van der Waals surface area contributed by atoms with E-state index < -0.39 is 17.6 Å². The Morgan fingerprint density at radius 3 is 2.62 bits per heavy atom. The molecule has 1 heterocycles. The molecule has 0 spiro atoms. The quantitative estimate of drug-likeness (QED) is 0.770. The van der Waals surface area contributed by atoms with Crippen molar-refractivity contribution >= 4 is 28.9 Å². The highest BCUT2D eigenvalue weighted by Gasteiger charge is 2.34. The predicted molar refractivity (Wildman–Crippen MR) is 87.3 cm³/mol. The fourth-order valence-electron chi connectivity index (χ4n) is 1.87. The van der Waals surface area contributed by atoms with Crippen molar-refractivity contribution in [1.29, 1.82) is 0 Å². The molecule has 24 heavy (non-hydrogen) atoms. The Balaban J connectivity index is 2.19. The molecule has 0 aliphatic heterocycles. The van der Waals surface area contributed by atoms with Crippen molar-refractivity contribution in [3.05, 3.63) is 65.5 Å². The summed E-state index contributed by atoms with van der Waals surface area (Å²) in [7, 11) is 0. The second kappa shape index (κ2) is 7.35. The maximum absolute atomic E-state index is 13.0. The number of hydrogen-bond donors (Lipinski definition) is 2. The zero-order chi connectivity index (χ0) is 17.7. The van der Waals surface area contributed by atoms with Crippen LogP contribution in [0, 0.1) is 0 Å². The number of carbonyl (C=O) groups is 1. The largest absolute Gasteiger partial charge is 0.418 e. The third-order valence-corrected chi connectivity index (χ3v) is 3.22. The molecule has 0 saturated carbocycles. The number of amides is 1. The van der Waals surface area contributed by atoms with Crippen LogP contribution in [-0.4, -0.2) is 17.4 Å². The van der Waals surface area contributed by atoms with Crippen molar-refractivity contribution < 1.29 is 18.0 Å². The lowest BCUT2D eigenvalue weighted by atomic mass is 10.1. The SMILES string of the molecule is C=CCNc1ccc(C(=O)Nc2ccc(Cl)cc2C(F)(F)F)nc1. The van der Waals surface area contributed by atoms with Gasteiger partial charge in [0, 0.05) is 11.6 Å². The number of alkyl halides is 3. The number of benzene rings is 1. The van der Waals surface area contributed by atoms with Gasteiger partial charge in [0.05, 0.1) is 23.1 Å². The highest BCUT2D eigenvalue weighted by Crippen LogP contribution is 2.36. The summed E-state index contributed by atoms with van der Waals surface area (Å²) in [6, 6.07) is 6.12. The molecule has 0 fully saturated rings. The van der Waals surface area contributed by atoms with Crippen molar-refractivity contribution in [2.24, 2.45) is 0 Å². The summed E-state index contributed by atoms with van der Waals surface area (Å²) >= 11 is 5.60. The van der Waals surface area contributed by atoms with Crippen molar-refractivity contribution in [3.63, 3.8) is 0 Å². The van der Waals surface area contributed by atoms with E-state index in [-0.39, 0.29) is 16.4 Å². The van der Waals surface area contributed by atoms with Crippen LogP contribution in [0.1, 0.15) is 16.1 Å². The first-order valence-electron chi connectivity index (χ1n) is 6.80. The van der Waals surface area contributed by atoms with Crippen molar-refractivity contribution in [2.45, 2.75) is 6.18 Å². The summed E-state index contributed by atoms with van der Waals surface area (Å²) in [6.45, 7) is 4.08. The fourth-order valence-corrected chi connectivity index (χ4v) is 2.04. The van der Waals surface area contributed by atoms with Gasteiger partial charge in [-0.25, -0.2) is 4.98 Å². The molecule has 0 unspecified atom stereocenters. The normalized spacial score (nSPS) is 11.0. The maximum Gasteiger partial charge on any atom is 0.418 e. The highest BCUT2D eigenvalue weighted by atomic mass is 35.5. The van der Waals surface area contributed by atoms with Gasteiger partial charge < -0.3 is 10.6 Å². The van der Waals surface area contributed by atoms with Crippen molar-refractivity contribution in [2.75, 3.05) is 17.2 Å². The van der Waals surface area contributed by atoms with Gasteiger partial charge in [0.2, 0.25) is 0 Å². The minimum absolute atomic E-state index is 0.0118. The van der Waals surface area contributed by atoms with E-state index in [1.54, 1.807) is 12.1 Å². The third-order valence-electron chi connectivity index (χ3n) is 2.98. The van der Waals surface area contributed by atoms with Gasteiger partial charge in [-0.05, 0) is 30.3 Å². The van der Waals surface area contributed by atoms with Gasteiger partial charge in [-0.3, -0.25) is 4.79 Å². The number of hydrogen-bond acceptors (Lipinski definition) is 3. The Morgan fingerprint density at radius 2 is 2.04 bits per heavy atom. The zero-order valence-electron chi connectivity index (χ0n) is 12.3. The Labute approximate surface area is 141 Å². The molecule has 2 N–H and O–H groups in total. The second-order valence-corrected chi connectivity index (χ2v) is 5.18. The molecular formula is C16H13ClF3N3O. The molecule has 0 radical (unpaired) electrons. The molecule has 1 aromatic carbocycles. The van der Waals surface area contributed by atoms with Gasteiger partial charge >= 0.3 is 6.18 Å². The number of halogens is 4. The molecule has 0 aliphatic carbocycles. The minimum atomic E-state index is -4.64. The van der Waals surface area contributed by atoms with E-state index in [9.17, 15) is 18.0 Å². The molecule has 2 rings (SSSR count). The Kier molecular flexibility index (Phi) is 5.46. The zero-order valence-corrected chi connectivity index (χ0v) is 13.1. The first kappa shape index (κ1) is 17.8. The van der Waals surface area contributed by atoms with E-state index in [2.05, 4.69) is 22.2 Å². The number of nitrogens with one attached hydrogen (secondary N) is 2. The first-order valence-corrected chi connectivity index (χ1v) is 7.18. The third kappa shape index (κ3) is 4.48. The number of carbonyl (C=O) groups excluding carboxylic acids is 1. The monoisotopic (exact) mass is 355 g/mol. The van der Waals surface area contributed by atoms with Gasteiger partial charge in [-0.15, -0.1) is 6.58 Å². The minimum Gasteiger partial charge on any atom is -0.380 e. The van der Waals surface area contributed by atoms with Crippen LogP contribution in [0.2, 0.25) is 5.02 Å². The van der Waals surface area contributed by atoms with Crippen LogP contribution >= 0.6 is 11.6 Å². The van der Waals surface area contributed by atoms with Crippen LogP contribution in [0.15, 0.2) is 49.2 Å². The highest BCUT2D eigenvalue weighted by molar-refractivity contribution is 6.30. The van der Waals surface area contributed by atoms with Crippen LogP contribution in [0.4, 0.5) is 24.5 Å². The van der Waals surface area contributed by atoms with Crippen LogP contribution in [-0.2, 0) is 6.18 Å². The average molecular weight is 356 g/mol. The fraction of sp³-hybridized carbons (Fsp3) is 0.125. The summed E-state index contributed by atoms with van der Waals surface area (Å²) < 4.78 is 39.0. The van der Waals surface area contributed by atoms with E-state index in [1.165, 1.54) is 18.3 Å². The molecule has 0 bridgehead atoms. The van der Waals surface area contributed by atoms with Crippen molar-refractivity contribution in [1.82, 2.24) is 4.98 Å². The lowest BCUT2D eigenvalue weighted by molar-refractivity contribution is -0.136. The summed E-state index contributed by atoms with van der Waals surface area (Å²) in [5.41, 5.74) is -0.753. The number of pyridine rings is 1. The summed E-state index contributed by atoms with van der Waals surface area (Å²) in [5.74, 6) is -0.752. The molecule has 126 valence electrons. The van der Waals surface area contributed by atoms with Crippen LogP contribution in [0.5, 0.6) is 0 Å². The number of aromatic nitrogens is 1. The van der Waals surface area contributed by atoms with E-state index in [0.29, 0.717) is 12.2 Å². The molecule has 0 atom stereocenters. The number of anilines is 2. The summed E-state index contributed by atoms with van der Waals surface area (Å²) in [4.78, 5) is 16.0. The van der Waals surface area contributed by atoms with E-state index >= 15 is 0 Å². The number of rotatable bonds is 5. The summed E-state index contributed by atoms with van der Waals surface area (Å²) in [5, 5.41) is 5.10. The van der Waals surface area contributed by atoms with Gasteiger partial charge in [0.1, 0.15) is 5.69 Å². The van der Waals surface area contributed by atoms with E-state index in [1.807, 2.05) is 0 Å². The van der Waals surface area contributed by atoms with E-state index in [4.69, 9.17) is 11.6 Å². The first-order chi connectivity index (χ1) is 11.3. The Bertz CT molecular complexity index is 745. The summed E-state index contributed by atoms with van der Waals surface area (Å²) in [6.07, 6.45) is -1.58. The van der Waals surface area contributed by atoms with Crippen LogP contribution in [0.3, 0.4) is 0 Å². The van der Waals surface area contributed by atoms with Gasteiger partial charge in [-0.2, -0.15) is 13.2 Å². The molecule has 1 amide bonds. The molecule has 2 aromatic rings. The number of nitrogens with zero attached hydrogens (tertiary/aromatic N) is 1. The van der Waals surface area contributed by atoms with Gasteiger partial charge in [0.25, 0.3) is 5.91 Å². The average Bonchev–Trinajstić information content (AvgIpc) is 2.54. The van der Waals surface area contributed by atoms with E-state index in [0.717, 1.165) is 12.1 Å².